The maximum absolute atomic E-state index is 11.9. The highest BCUT2D eigenvalue weighted by atomic mass is 79.9. The number of nitrogens with one attached hydrogen (secondary N) is 1. The molecule has 0 radical (unpaired) electrons. The molecule has 5 heteroatoms. The zero-order valence-electron chi connectivity index (χ0n) is 11.2. The largest absolute Gasteiger partial charge is 0.388 e. The first-order valence-electron chi connectivity index (χ1n) is 6.53. The van der Waals surface area contributed by atoms with Gasteiger partial charge in [0.25, 0.3) is 5.91 Å². The van der Waals surface area contributed by atoms with Gasteiger partial charge in [-0.05, 0) is 42.3 Å². The summed E-state index contributed by atoms with van der Waals surface area (Å²) in [4.78, 5) is 11.9. The molecular weight excluding hydrogens is 354 g/mol. The molecule has 0 heterocycles. The van der Waals surface area contributed by atoms with Crippen LogP contribution in [0.5, 0.6) is 0 Å². The summed E-state index contributed by atoms with van der Waals surface area (Å²) < 4.78 is 0.856. The fourth-order valence-electron chi connectivity index (χ4n) is 1.93. The minimum Gasteiger partial charge on any atom is -0.388 e. The Bertz CT molecular complexity index is 633. The van der Waals surface area contributed by atoms with Crippen LogP contribution in [0.4, 0.5) is 0 Å². The molecular formula is C16H15BrClNO2. The van der Waals surface area contributed by atoms with E-state index in [-0.39, 0.29) is 5.91 Å². The molecule has 1 amide bonds. The first kappa shape index (κ1) is 16.0. The number of halogens is 2. The highest BCUT2D eigenvalue weighted by molar-refractivity contribution is 9.10. The van der Waals surface area contributed by atoms with Gasteiger partial charge >= 0.3 is 0 Å². The summed E-state index contributed by atoms with van der Waals surface area (Å²) in [7, 11) is 0. The van der Waals surface area contributed by atoms with E-state index in [1.807, 2.05) is 12.1 Å². The van der Waals surface area contributed by atoms with Gasteiger partial charge in [-0.25, -0.2) is 0 Å². The Balaban J connectivity index is 1.85. The van der Waals surface area contributed by atoms with E-state index in [0.29, 0.717) is 23.6 Å². The van der Waals surface area contributed by atoms with Crippen LogP contribution in [0.2, 0.25) is 5.02 Å². The molecule has 1 atom stereocenters. The number of carbonyl (C=O) groups excluding carboxylic acids is 1. The molecule has 0 bridgehead atoms. The Hall–Kier alpha value is -1.36. The maximum atomic E-state index is 11.9. The molecule has 0 fully saturated rings. The molecule has 1 unspecified atom stereocenters. The SMILES string of the molecule is O=C(NCCC(O)c1cccc(Cl)c1)c1cccc(Br)c1. The summed E-state index contributed by atoms with van der Waals surface area (Å²) in [6, 6.07) is 14.2. The summed E-state index contributed by atoms with van der Waals surface area (Å²) in [6.07, 6.45) is -0.216. The van der Waals surface area contributed by atoms with E-state index in [1.54, 1.807) is 36.4 Å². The van der Waals surface area contributed by atoms with E-state index < -0.39 is 6.10 Å². The van der Waals surface area contributed by atoms with Gasteiger partial charge in [-0.15, -0.1) is 0 Å². The van der Waals surface area contributed by atoms with Crippen LogP contribution in [-0.4, -0.2) is 17.6 Å². The molecule has 0 saturated heterocycles. The van der Waals surface area contributed by atoms with E-state index in [1.165, 1.54) is 0 Å². The minimum absolute atomic E-state index is 0.158. The predicted molar refractivity (Wildman–Crippen MR) is 87.5 cm³/mol. The van der Waals surface area contributed by atoms with Crippen LogP contribution in [-0.2, 0) is 0 Å². The predicted octanol–water partition coefficient (Wildman–Crippen LogP) is 3.96. The fourth-order valence-corrected chi connectivity index (χ4v) is 2.53. The molecule has 0 aliphatic carbocycles. The quantitative estimate of drug-likeness (QED) is 0.839. The summed E-state index contributed by atoms with van der Waals surface area (Å²) >= 11 is 9.21. The number of aliphatic hydroxyl groups excluding tert-OH is 1. The van der Waals surface area contributed by atoms with Crippen molar-refractivity contribution < 1.29 is 9.90 Å². The second-order valence-corrected chi connectivity index (χ2v) is 5.98. The number of carbonyl (C=O) groups is 1. The number of benzene rings is 2. The van der Waals surface area contributed by atoms with Crippen LogP contribution in [0.3, 0.4) is 0 Å². The summed E-state index contributed by atoms with van der Waals surface area (Å²) in [5.74, 6) is -0.158. The number of hydrogen-bond donors (Lipinski definition) is 2. The van der Waals surface area contributed by atoms with Crippen LogP contribution >= 0.6 is 27.5 Å². The van der Waals surface area contributed by atoms with Crippen LogP contribution in [0.1, 0.15) is 28.4 Å². The van der Waals surface area contributed by atoms with Gasteiger partial charge in [0.15, 0.2) is 0 Å². The van der Waals surface area contributed by atoms with E-state index >= 15 is 0 Å². The van der Waals surface area contributed by atoms with E-state index in [4.69, 9.17) is 11.6 Å². The summed E-state index contributed by atoms with van der Waals surface area (Å²) in [5, 5.41) is 13.4. The third-order valence-corrected chi connectivity index (χ3v) is 3.75. The Labute approximate surface area is 137 Å². The molecule has 2 rings (SSSR count). The van der Waals surface area contributed by atoms with Crippen molar-refractivity contribution in [2.75, 3.05) is 6.54 Å². The lowest BCUT2D eigenvalue weighted by atomic mass is 10.1. The molecule has 0 saturated carbocycles. The van der Waals surface area contributed by atoms with Crippen molar-refractivity contribution in [3.05, 3.63) is 69.2 Å². The Morgan fingerprint density at radius 1 is 1.24 bits per heavy atom. The molecule has 0 spiro atoms. The number of rotatable bonds is 5. The lowest BCUT2D eigenvalue weighted by Gasteiger charge is -2.12. The number of aliphatic hydroxyl groups is 1. The van der Waals surface area contributed by atoms with Crippen LogP contribution in [0.25, 0.3) is 0 Å². The third kappa shape index (κ3) is 4.84. The van der Waals surface area contributed by atoms with Crippen molar-refractivity contribution in [3.8, 4) is 0 Å². The molecule has 21 heavy (non-hydrogen) atoms. The first-order chi connectivity index (χ1) is 10.1. The summed E-state index contributed by atoms with van der Waals surface area (Å²) in [6.45, 7) is 0.388. The average molecular weight is 369 g/mol. The zero-order chi connectivity index (χ0) is 15.2. The van der Waals surface area contributed by atoms with E-state index in [2.05, 4.69) is 21.2 Å². The molecule has 0 aliphatic rings. The van der Waals surface area contributed by atoms with E-state index in [0.717, 1.165) is 10.0 Å². The zero-order valence-corrected chi connectivity index (χ0v) is 13.6. The third-order valence-electron chi connectivity index (χ3n) is 3.02. The molecule has 110 valence electrons. The van der Waals surface area contributed by atoms with Crippen LogP contribution in [0, 0.1) is 0 Å². The number of hydrogen-bond acceptors (Lipinski definition) is 2. The van der Waals surface area contributed by atoms with Crippen molar-refractivity contribution >= 4 is 33.4 Å². The normalized spacial score (nSPS) is 12.0. The van der Waals surface area contributed by atoms with Crippen molar-refractivity contribution in [1.82, 2.24) is 5.32 Å². The standard InChI is InChI=1S/C16H15BrClNO2/c17-13-5-1-4-12(9-13)16(21)19-8-7-15(20)11-3-2-6-14(18)10-11/h1-6,9-10,15,20H,7-8H2,(H,19,21). The van der Waals surface area contributed by atoms with E-state index in [9.17, 15) is 9.90 Å². The lowest BCUT2D eigenvalue weighted by Crippen LogP contribution is -2.25. The van der Waals surface area contributed by atoms with Gasteiger partial charge in [-0.1, -0.05) is 45.7 Å². The van der Waals surface area contributed by atoms with Crippen molar-refractivity contribution in [2.24, 2.45) is 0 Å². The smallest absolute Gasteiger partial charge is 0.251 e. The van der Waals surface area contributed by atoms with Crippen LogP contribution < -0.4 is 5.32 Å². The fraction of sp³-hybridized carbons (Fsp3) is 0.188. The first-order valence-corrected chi connectivity index (χ1v) is 7.70. The molecule has 2 aromatic carbocycles. The lowest BCUT2D eigenvalue weighted by molar-refractivity contribution is 0.0942. The molecule has 3 nitrogen and oxygen atoms in total. The van der Waals surface area contributed by atoms with Crippen molar-refractivity contribution in [1.29, 1.82) is 0 Å². The highest BCUT2D eigenvalue weighted by Gasteiger charge is 2.10. The molecule has 0 aliphatic heterocycles. The van der Waals surface area contributed by atoms with Gasteiger partial charge in [0, 0.05) is 21.6 Å². The minimum atomic E-state index is -0.647. The second-order valence-electron chi connectivity index (χ2n) is 4.63. The topological polar surface area (TPSA) is 49.3 Å². The van der Waals surface area contributed by atoms with Gasteiger partial charge in [0.05, 0.1) is 6.10 Å². The molecule has 0 aromatic heterocycles. The van der Waals surface area contributed by atoms with Crippen LogP contribution in [0.15, 0.2) is 53.0 Å². The Morgan fingerprint density at radius 3 is 2.71 bits per heavy atom. The monoisotopic (exact) mass is 367 g/mol. The van der Waals surface area contributed by atoms with Crippen molar-refractivity contribution in [2.45, 2.75) is 12.5 Å². The van der Waals surface area contributed by atoms with Gasteiger partial charge in [0.2, 0.25) is 0 Å². The summed E-state index contributed by atoms with van der Waals surface area (Å²) in [5.41, 5.74) is 1.33. The molecule has 2 aromatic rings. The average Bonchev–Trinajstić information content (AvgIpc) is 2.47. The van der Waals surface area contributed by atoms with Gasteiger partial charge in [-0.2, -0.15) is 0 Å². The Kier molecular flexibility index (Phi) is 5.79. The highest BCUT2D eigenvalue weighted by Crippen LogP contribution is 2.19. The van der Waals surface area contributed by atoms with Gasteiger partial charge < -0.3 is 10.4 Å². The van der Waals surface area contributed by atoms with Crippen molar-refractivity contribution in [3.63, 3.8) is 0 Å². The second kappa shape index (κ2) is 7.59. The van der Waals surface area contributed by atoms with Gasteiger partial charge in [0.1, 0.15) is 0 Å². The number of amides is 1. The molecule has 2 N–H and O–H groups in total. The van der Waals surface area contributed by atoms with Gasteiger partial charge in [-0.3, -0.25) is 4.79 Å². The Morgan fingerprint density at radius 2 is 2.00 bits per heavy atom. The maximum Gasteiger partial charge on any atom is 0.251 e.